The van der Waals surface area contributed by atoms with Crippen LogP contribution in [0.2, 0.25) is 0 Å². The lowest BCUT2D eigenvalue weighted by molar-refractivity contribution is -0.124. The van der Waals surface area contributed by atoms with Crippen molar-refractivity contribution in [2.75, 3.05) is 39.9 Å². The normalized spacial score (nSPS) is 16.6. The Bertz CT molecular complexity index is 630. The van der Waals surface area contributed by atoms with Crippen LogP contribution in [0.3, 0.4) is 0 Å². The van der Waals surface area contributed by atoms with Crippen LogP contribution in [0.4, 0.5) is 8.78 Å². The quantitative estimate of drug-likeness (QED) is 0.593. The van der Waals surface area contributed by atoms with Crippen LogP contribution in [0.5, 0.6) is 5.75 Å². The van der Waals surface area contributed by atoms with Gasteiger partial charge in [0.2, 0.25) is 5.91 Å². The number of ether oxygens (including phenoxy) is 2. The summed E-state index contributed by atoms with van der Waals surface area (Å²) in [5.41, 5.74) is 0.0266. The van der Waals surface area contributed by atoms with Crippen molar-refractivity contribution in [3.05, 3.63) is 29.8 Å². The van der Waals surface area contributed by atoms with Crippen molar-refractivity contribution in [2.45, 2.75) is 25.5 Å². The van der Waals surface area contributed by atoms with E-state index in [1.54, 1.807) is 13.2 Å². The van der Waals surface area contributed by atoms with Crippen molar-refractivity contribution in [3.8, 4) is 5.75 Å². The SMILES string of the molecule is COCCNCCNC(=O)C1CCCN1C(=O)c1ccccc1OC(F)F. The van der Waals surface area contributed by atoms with Crippen molar-refractivity contribution in [1.82, 2.24) is 15.5 Å². The second kappa shape index (κ2) is 10.8. The molecule has 1 saturated heterocycles. The minimum Gasteiger partial charge on any atom is -0.434 e. The van der Waals surface area contributed by atoms with Crippen molar-refractivity contribution in [1.29, 1.82) is 0 Å². The molecule has 1 atom stereocenters. The van der Waals surface area contributed by atoms with E-state index in [1.165, 1.54) is 23.1 Å². The molecule has 1 unspecified atom stereocenters. The first kappa shape index (κ1) is 21.0. The number of benzene rings is 1. The van der Waals surface area contributed by atoms with Gasteiger partial charge in [0.1, 0.15) is 11.8 Å². The van der Waals surface area contributed by atoms with Gasteiger partial charge in [0.05, 0.1) is 12.2 Å². The fraction of sp³-hybridized carbons (Fsp3) is 0.556. The topological polar surface area (TPSA) is 79.9 Å². The second-order valence-corrected chi connectivity index (χ2v) is 6.07. The van der Waals surface area contributed by atoms with Crippen molar-refractivity contribution < 1.29 is 27.8 Å². The summed E-state index contributed by atoms with van der Waals surface area (Å²) in [5, 5.41) is 5.91. The van der Waals surface area contributed by atoms with E-state index < -0.39 is 18.6 Å². The van der Waals surface area contributed by atoms with Crippen LogP contribution < -0.4 is 15.4 Å². The number of carbonyl (C=O) groups is 2. The van der Waals surface area contributed by atoms with Crippen molar-refractivity contribution >= 4 is 11.8 Å². The molecule has 0 aliphatic carbocycles. The third-order valence-electron chi connectivity index (χ3n) is 4.23. The van der Waals surface area contributed by atoms with Gasteiger partial charge >= 0.3 is 6.61 Å². The summed E-state index contributed by atoms with van der Waals surface area (Å²) in [7, 11) is 1.61. The molecule has 0 aromatic heterocycles. The first-order valence-electron chi connectivity index (χ1n) is 8.86. The summed E-state index contributed by atoms with van der Waals surface area (Å²) in [6, 6.07) is 5.21. The molecule has 2 amide bonds. The van der Waals surface area contributed by atoms with E-state index in [9.17, 15) is 18.4 Å². The first-order valence-corrected chi connectivity index (χ1v) is 8.86. The predicted molar refractivity (Wildman–Crippen MR) is 94.9 cm³/mol. The largest absolute Gasteiger partial charge is 0.434 e. The zero-order valence-electron chi connectivity index (χ0n) is 15.2. The molecular formula is C18H25F2N3O4. The number of amides is 2. The maximum atomic E-state index is 12.8. The van der Waals surface area contributed by atoms with E-state index in [1.807, 2.05) is 0 Å². The van der Waals surface area contributed by atoms with Gasteiger partial charge in [0.15, 0.2) is 0 Å². The monoisotopic (exact) mass is 385 g/mol. The Labute approximate surface area is 157 Å². The summed E-state index contributed by atoms with van der Waals surface area (Å²) in [6.07, 6.45) is 1.21. The van der Waals surface area contributed by atoms with Crippen LogP contribution in [0.15, 0.2) is 24.3 Å². The van der Waals surface area contributed by atoms with Gasteiger partial charge in [0, 0.05) is 33.3 Å². The lowest BCUT2D eigenvalue weighted by atomic mass is 10.1. The highest BCUT2D eigenvalue weighted by Gasteiger charge is 2.35. The van der Waals surface area contributed by atoms with E-state index in [2.05, 4.69) is 15.4 Å². The third-order valence-corrected chi connectivity index (χ3v) is 4.23. The molecule has 1 aliphatic rings. The molecule has 0 radical (unpaired) electrons. The molecule has 1 aromatic carbocycles. The lowest BCUT2D eigenvalue weighted by Gasteiger charge is -2.25. The number of alkyl halides is 2. The van der Waals surface area contributed by atoms with Crippen molar-refractivity contribution in [3.63, 3.8) is 0 Å². The predicted octanol–water partition coefficient (Wildman–Crippen LogP) is 1.24. The average molecular weight is 385 g/mol. The highest BCUT2D eigenvalue weighted by Crippen LogP contribution is 2.26. The Morgan fingerprint density at radius 2 is 2.04 bits per heavy atom. The van der Waals surface area contributed by atoms with Gasteiger partial charge in [-0.3, -0.25) is 9.59 Å². The van der Waals surface area contributed by atoms with E-state index in [-0.39, 0.29) is 17.2 Å². The Kier molecular flexibility index (Phi) is 8.41. The molecule has 150 valence electrons. The summed E-state index contributed by atoms with van der Waals surface area (Å²) in [5.74, 6) is -0.922. The first-order chi connectivity index (χ1) is 13.0. The number of hydrogen-bond acceptors (Lipinski definition) is 5. The Morgan fingerprint density at radius 3 is 2.78 bits per heavy atom. The minimum absolute atomic E-state index is 0.0266. The zero-order valence-corrected chi connectivity index (χ0v) is 15.2. The molecule has 7 nitrogen and oxygen atoms in total. The number of halogens is 2. The number of methoxy groups -OCH3 is 1. The molecule has 0 saturated carbocycles. The van der Waals surface area contributed by atoms with E-state index in [4.69, 9.17) is 4.74 Å². The van der Waals surface area contributed by atoms with Crippen LogP contribution in [-0.4, -0.2) is 69.3 Å². The van der Waals surface area contributed by atoms with Crippen LogP contribution in [0, 0.1) is 0 Å². The van der Waals surface area contributed by atoms with Gasteiger partial charge in [-0.05, 0) is 25.0 Å². The minimum atomic E-state index is -3.03. The smallest absolute Gasteiger partial charge is 0.387 e. The Morgan fingerprint density at radius 1 is 1.26 bits per heavy atom. The highest BCUT2D eigenvalue weighted by atomic mass is 19.3. The lowest BCUT2D eigenvalue weighted by Crippen LogP contribution is -2.47. The fourth-order valence-electron chi connectivity index (χ4n) is 2.97. The van der Waals surface area contributed by atoms with E-state index in [0.29, 0.717) is 45.6 Å². The third kappa shape index (κ3) is 6.14. The highest BCUT2D eigenvalue weighted by molar-refractivity contribution is 6.00. The summed E-state index contributed by atoms with van der Waals surface area (Å²) < 4.78 is 34.5. The summed E-state index contributed by atoms with van der Waals surface area (Å²) in [6.45, 7) is -0.360. The van der Waals surface area contributed by atoms with Gasteiger partial charge in [-0.25, -0.2) is 0 Å². The second-order valence-electron chi connectivity index (χ2n) is 6.07. The molecule has 1 fully saturated rings. The van der Waals surface area contributed by atoms with Crippen molar-refractivity contribution in [2.24, 2.45) is 0 Å². The molecule has 0 bridgehead atoms. The van der Waals surface area contributed by atoms with Gasteiger partial charge in [0.25, 0.3) is 5.91 Å². The molecule has 2 rings (SSSR count). The molecule has 1 aromatic rings. The van der Waals surface area contributed by atoms with Gasteiger partial charge < -0.3 is 25.0 Å². The van der Waals surface area contributed by atoms with Gasteiger partial charge in [-0.1, -0.05) is 12.1 Å². The van der Waals surface area contributed by atoms with Crippen LogP contribution in [0.25, 0.3) is 0 Å². The maximum absolute atomic E-state index is 12.8. The van der Waals surface area contributed by atoms with Crippen LogP contribution in [-0.2, 0) is 9.53 Å². The maximum Gasteiger partial charge on any atom is 0.387 e. The molecule has 0 spiro atoms. The number of carbonyl (C=O) groups excluding carboxylic acids is 2. The van der Waals surface area contributed by atoms with Crippen LogP contribution in [0.1, 0.15) is 23.2 Å². The Hall–Kier alpha value is -2.26. The fourth-order valence-corrected chi connectivity index (χ4v) is 2.97. The molecule has 2 N–H and O–H groups in total. The molecular weight excluding hydrogens is 360 g/mol. The number of hydrogen-bond donors (Lipinski definition) is 2. The summed E-state index contributed by atoms with van der Waals surface area (Å²) in [4.78, 5) is 26.7. The van der Waals surface area contributed by atoms with Gasteiger partial charge in [-0.15, -0.1) is 0 Å². The number of nitrogens with one attached hydrogen (secondary N) is 2. The Balaban J connectivity index is 1.95. The molecule has 9 heteroatoms. The average Bonchev–Trinajstić information content (AvgIpc) is 3.13. The molecule has 1 heterocycles. The molecule has 27 heavy (non-hydrogen) atoms. The van der Waals surface area contributed by atoms with Crippen LogP contribution >= 0.6 is 0 Å². The number of rotatable bonds is 10. The number of nitrogens with zero attached hydrogens (tertiary/aromatic N) is 1. The van der Waals surface area contributed by atoms with E-state index >= 15 is 0 Å². The van der Waals surface area contributed by atoms with E-state index in [0.717, 1.165) is 0 Å². The summed E-state index contributed by atoms with van der Waals surface area (Å²) >= 11 is 0. The zero-order chi connectivity index (χ0) is 19.6. The van der Waals surface area contributed by atoms with Gasteiger partial charge in [-0.2, -0.15) is 8.78 Å². The standard InChI is InChI=1S/C18H25F2N3O4/c1-26-12-10-21-8-9-22-16(24)14-6-4-11-23(14)17(25)13-5-2-3-7-15(13)27-18(19)20/h2-3,5,7,14,18,21H,4,6,8-12H2,1H3,(H,22,24). The molecule has 1 aliphatic heterocycles. The number of likely N-dealkylation sites (tertiary alicyclic amines) is 1. The number of para-hydroxylation sites is 1.